The quantitative estimate of drug-likeness (QED) is 0.845. The Morgan fingerprint density at radius 1 is 1.24 bits per heavy atom. The molecule has 0 unspecified atom stereocenters. The smallest absolute Gasteiger partial charge is 0.323 e. The van der Waals surface area contributed by atoms with Crippen LogP contribution in [0.3, 0.4) is 0 Å². The van der Waals surface area contributed by atoms with E-state index in [0.29, 0.717) is 11.6 Å². The minimum Gasteiger partial charge on any atom is -0.480 e. The van der Waals surface area contributed by atoms with Crippen LogP contribution in [0.1, 0.15) is 39.2 Å². The van der Waals surface area contributed by atoms with Gasteiger partial charge < -0.3 is 10.4 Å². The molecule has 0 saturated carbocycles. The zero-order chi connectivity index (χ0) is 16.2. The molecule has 0 aliphatic rings. The van der Waals surface area contributed by atoms with Gasteiger partial charge in [0, 0.05) is 5.69 Å². The summed E-state index contributed by atoms with van der Waals surface area (Å²) in [6.07, 6.45) is 0. The summed E-state index contributed by atoms with van der Waals surface area (Å²) >= 11 is 0. The van der Waals surface area contributed by atoms with Crippen molar-refractivity contribution in [1.29, 1.82) is 0 Å². The van der Waals surface area contributed by atoms with Crippen LogP contribution >= 0.6 is 0 Å². The lowest BCUT2D eigenvalue weighted by Gasteiger charge is -2.30. The number of nitrogens with zero attached hydrogens (tertiary/aromatic N) is 1. The summed E-state index contributed by atoms with van der Waals surface area (Å²) in [5.41, 5.74) is 0.835. The number of carboxylic acids is 1. The van der Waals surface area contributed by atoms with Crippen molar-refractivity contribution >= 4 is 17.6 Å². The van der Waals surface area contributed by atoms with Crippen LogP contribution in [0.5, 0.6) is 0 Å². The molecule has 0 fully saturated rings. The SMILES string of the molecule is CC(C)c1ccc(NC(=O)CN(C)C(C)(C)C(=O)O)cc1. The van der Waals surface area contributed by atoms with E-state index in [0.717, 1.165) is 0 Å². The maximum Gasteiger partial charge on any atom is 0.323 e. The van der Waals surface area contributed by atoms with Gasteiger partial charge in [-0.15, -0.1) is 0 Å². The number of carbonyl (C=O) groups excluding carboxylic acids is 1. The first kappa shape index (κ1) is 17.2. The topological polar surface area (TPSA) is 69.6 Å². The minimum absolute atomic E-state index is 0.0191. The molecule has 5 heteroatoms. The maximum atomic E-state index is 12.0. The van der Waals surface area contributed by atoms with Gasteiger partial charge in [0.2, 0.25) is 5.91 Å². The van der Waals surface area contributed by atoms with Crippen molar-refractivity contribution in [2.75, 3.05) is 18.9 Å². The molecule has 1 rings (SSSR count). The van der Waals surface area contributed by atoms with Crippen molar-refractivity contribution in [2.24, 2.45) is 0 Å². The van der Waals surface area contributed by atoms with Gasteiger partial charge in [0.1, 0.15) is 5.54 Å². The molecule has 0 bridgehead atoms. The summed E-state index contributed by atoms with van der Waals surface area (Å²) in [6.45, 7) is 7.37. The third-order valence-electron chi connectivity index (χ3n) is 3.72. The zero-order valence-electron chi connectivity index (χ0n) is 13.3. The van der Waals surface area contributed by atoms with E-state index < -0.39 is 11.5 Å². The van der Waals surface area contributed by atoms with Crippen LogP contribution in [0.2, 0.25) is 0 Å². The van der Waals surface area contributed by atoms with Gasteiger partial charge in [-0.3, -0.25) is 14.5 Å². The van der Waals surface area contributed by atoms with Gasteiger partial charge in [0.05, 0.1) is 6.54 Å². The molecule has 5 nitrogen and oxygen atoms in total. The second-order valence-corrected chi connectivity index (χ2v) is 6.05. The van der Waals surface area contributed by atoms with Gasteiger partial charge in [-0.25, -0.2) is 0 Å². The normalized spacial score (nSPS) is 11.8. The fourth-order valence-electron chi connectivity index (χ4n) is 1.73. The molecule has 0 spiro atoms. The summed E-state index contributed by atoms with van der Waals surface area (Å²) in [5, 5.41) is 11.9. The third-order valence-corrected chi connectivity index (χ3v) is 3.72. The molecule has 21 heavy (non-hydrogen) atoms. The highest BCUT2D eigenvalue weighted by atomic mass is 16.4. The molecule has 0 heterocycles. The monoisotopic (exact) mass is 292 g/mol. The molecule has 1 amide bonds. The number of hydrogen-bond acceptors (Lipinski definition) is 3. The van der Waals surface area contributed by atoms with Crippen LogP contribution in [0.15, 0.2) is 24.3 Å². The molecule has 1 aromatic carbocycles. The molecule has 116 valence electrons. The molecule has 0 atom stereocenters. The largest absolute Gasteiger partial charge is 0.480 e. The molecule has 0 aliphatic carbocycles. The first-order valence-electron chi connectivity index (χ1n) is 6.99. The Kier molecular flexibility index (Phi) is 5.49. The van der Waals surface area contributed by atoms with Gasteiger partial charge in [-0.05, 0) is 44.5 Å². The average molecular weight is 292 g/mol. The number of hydrogen-bond donors (Lipinski definition) is 2. The van der Waals surface area contributed by atoms with E-state index >= 15 is 0 Å². The van der Waals surface area contributed by atoms with Gasteiger partial charge in [0.15, 0.2) is 0 Å². The Bertz CT molecular complexity index is 507. The number of carbonyl (C=O) groups is 2. The minimum atomic E-state index is -1.08. The summed E-state index contributed by atoms with van der Waals surface area (Å²) < 4.78 is 0. The van der Waals surface area contributed by atoms with Crippen LogP contribution in [0.4, 0.5) is 5.69 Å². The van der Waals surface area contributed by atoms with Crippen LogP contribution in [-0.2, 0) is 9.59 Å². The van der Waals surface area contributed by atoms with Crippen LogP contribution in [0.25, 0.3) is 0 Å². The van der Waals surface area contributed by atoms with E-state index in [1.54, 1.807) is 20.9 Å². The molecule has 0 aromatic heterocycles. The highest BCUT2D eigenvalue weighted by molar-refractivity contribution is 5.92. The fraction of sp³-hybridized carbons (Fsp3) is 0.500. The van der Waals surface area contributed by atoms with Crippen molar-refractivity contribution in [2.45, 2.75) is 39.2 Å². The second-order valence-electron chi connectivity index (χ2n) is 6.05. The first-order valence-corrected chi connectivity index (χ1v) is 6.99. The number of aliphatic carboxylic acids is 1. The Morgan fingerprint density at radius 3 is 2.19 bits per heavy atom. The van der Waals surface area contributed by atoms with E-state index in [2.05, 4.69) is 19.2 Å². The Balaban J connectivity index is 2.63. The zero-order valence-corrected chi connectivity index (χ0v) is 13.3. The third kappa shape index (κ3) is 4.56. The standard InChI is InChI=1S/C16H24N2O3/c1-11(2)12-6-8-13(9-7-12)17-14(19)10-18(5)16(3,4)15(20)21/h6-9,11H,10H2,1-5H3,(H,17,19)(H,20,21). The molecular weight excluding hydrogens is 268 g/mol. The van der Waals surface area contributed by atoms with E-state index in [1.807, 2.05) is 24.3 Å². The Hall–Kier alpha value is -1.88. The van der Waals surface area contributed by atoms with E-state index in [4.69, 9.17) is 5.11 Å². The fourth-order valence-corrected chi connectivity index (χ4v) is 1.73. The van der Waals surface area contributed by atoms with Crippen LogP contribution < -0.4 is 5.32 Å². The highest BCUT2D eigenvalue weighted by Gasteiger charge is 2.32. The lowest BCUT2D eigenvalue weighted by Crippen LogP contribution is -2.50. The Labute approximate surface area is 126 Å². The number of anilines is 1. The summed E-state index contributed by atoms with van der Waals surface area (Å²) in [4.78, 5) is 24.6. The summed E-state index contributed by atoms with van der Waals surface area (Å²) in [7, 11) is 1.62. The predicted molar refractivity (Wildman–Crippen MR) is 83.5 cm³/mol. The number of likely N-dealkylation sites (N-methyl/N-ethyl adjacent to an activating group) is 1. The van der Waals surface area contributed by atoms with Crippen LogP contribution in [-0.4, -0.2) is 41.0 Å². The van der Waals surface area contributed by atoms with Crippen molar-refractivity contribution in [3.63, 3.8) is 0 Å². The Morgan fingerprint density at radius 2 is 1.76 bits per heavy atom. The molecule has 0 saturated heterocycles. The molecule has 0 radical (unpaired) electrons. The molecule has 1 aromatic rings. The predicted octanol–water partition coefficient (Wildman–Crippen LogP) is 2.54. The average Bonchev–Trinajstić information content (AvgIpc) is 2.38. The van der Waals surface area contributed by atoms with Crippen molar-refractivity contribution < 1.29 is 14.7 Å². The summed E-state index contributed by atoms with van der Waals surface area (Å²) in [5.74, 6) is -0.750. The van der Waals surface area contributed by atoms with E-state index in [9.17, 15) is 9.59 Å². The lowest BCUT2D eigenvalue weighted by molar-refractivity contribution is -0.148. The van der Waals surface area contributed by atoms with Crippen molar-refractivity contribution in [1.82, 2.24) is 4.90 Å². The number of benzene rings is 1. The van der Waals surface area contributed by atoms with Gasteiger partial charge in [0.25, 0.3) is 0 Å². The second kappa shape index (κ2) is 6.72. The molecular formula is C16H24N2O3. The lowest BCUT2D eigenvalue weighted by atomic mass is 10.0. The van der Waals surface area contributed by atoms with Gasteiger partial charge in [-0.2, -0.15) is 0 Å². The van der Waals surface area contributed by atoms with Gasteiger partial charge >= 0.3 is 5.97 Å². The van der Waals surface area contributed by atoms with E-state index in [1.165, 1.54) is 10.5 Å². The first-order chi connectivity index (χ1) is 9.64. The molecule has 2 N–H and O–H groups in total. The number of nitrogens with one attached hydrogen (secondary N) is 1. The maximum absolute atomic E-state index is 12.0. The number of carboxylic acid groups (broad SMARTS) is 1. The van der Waals surface area contributed by atoms with Gasteiger partial charge in [-0.1, -0.05) is 26.0 Å². The van der Waals surface area contributed by atoms with Crippen molar-refractivity contribution in [3.05, 3.63) is 29.8 Å². The van der Waals surface area contributed by atoms with E-state index in [-0.39, 0.29) is 12.5 Å². The summed E-state index contributed by atoms with van der Waals surface area (Å²) in [6, 6.07) is 7.67. The number of amides is 1. The molecule has 0 aliphatic heterocycles. The highest BCUT2D eigenvalue weighted by Crippen LogP contribution is 2.17. The van der Waals surface area contributed by atoms with Crippen molar-refractivity contribution in [3.8, 4) is 0 Å². The van der Waals surface area contributed by atoms with Crippen LogP contribution in [0, 0.1) is 0 Å². The number of rotatable bonds is 6.